The van der Waals surface area contributed by atoms with Crippen LogP contribution in [-0.2, 0) is 0 Å². The number of likely N-dealkylation sites (N-methyl/N-ethyl adjacent to an activating group) is 1. The van der Waals surface area contributed by atoms with Gasteiger partial charge in [0.05, 0.1) is 5.56 Å². The number of hydrogen-bond acceptors (Lipinski definition) is 3. The van der Waals surface area contributed by atoms with Gasteiger partial charge in [-0.1, -0.05) is 17.9 Å². The zero-order valence-corrected chi connectivity index (χ0v) is 11.7. The Kier molecular flexibility index (Phi) is 6.07. The predicted molar refractivity (Wildman–Crippen MR) is 76.0 cm³/mol. The summed E-state index contributed by atoms with van der Waals surface area (Å²) in [6.45, 7) is 3.11. The summed E-state index contributed by atoms with van der Waals surface area (Å²) in [4.78, 5) is 14.1. The molecule has 0 unspecified atom stereocenters. The van der Waals surface area contributed by atoms with Gasteiger partial charge in [-0.2, -0.15) is 0 Å². The third-order valence-electron chi connectivity index (χ3n) is 2.57. The van der Waals surface area contributed by atoms with Crippen LogP contribution in [0.2, 0.25) is 0 Å². The molecule has 0 saturated heterocycles. The molecule has 1 amide bonds. The third-order valence-corrected chi connectivity index (χ3v) is 2.57. The maximum absolute atomic E-state index is 12.1. The lowest BCUT2D eigenvalue weighted by Gasteiger charge is -2.11. The van der Waals surface area contributed by atoms with Crippen LogP contribution in [0.25, 0.3) is 0 Å². The molecule has 2 N–H and O–H groups in total. The number of hydrogen-bond donors (Lipinski definition) is 2. The summed E-state index contributed by atoms with van der Waals surface area (Å²) in [6.07, 6.45) is 0. The van der Waals surface area contributed by atoms with Crippen molar-refractivity contribution >= 4 is 5.91 Å². The lowest BCUT2D eigenvalue weighted by molar-refractivity contribution is 0.0951. The van der Waals surface area contributed by atoms with Crippen LogP contribution in [0, 0.1) is 18.8 Å². The first kappa shape index (κ1) is 15.2. The van der Waals surface area contributed by atoms with Gasteiger partial charge in [0.25, 0.3) is 5.91 Å². The molecule has 0 bridgehead atoms. The van der Waals surface area contributed by atoms with Crippen molar-refractivity contribution in [2.45, 2.75) is 6.92 Å². The number of rotatable bonds is 4. The van der Waals surface area contributed by atoms with E-state index < -0.39 is 0 Å². The molecule has 0 aromatic heterocycles. The summed E-state index contributed by atoms with van der Waals surface area (Å²) >= 11 is 0. The number of aliphatic hydroxyl groups excluding tert-OH is 1. The summed E-state index contributed by atoms with van der Waals surface area (Å²) in [6, 6.07) is 5.50. The van der Waals surface area contributed by atoms with E-state index >= 15 is 0 Å². The van der Waals surface area contributed by atoms with Crippen LogP contribution in [0.1, 0.15) is 21.5 Å². The van der Waals surface area contributed by atoms with E-state index in [2.05, 4.69) is 17.2 Å². The van der Waals surface area contributed by atoms with E-state index in [0.717, 1.165) is 12.1 Å². The third kappa shape index (κ3) is 5.12. The Balaban J connectivity index is 2.83. The fourth-order valence-corrected chi connectivity index (χ4v) is 1.58. The molecule has 4 nitrogen and oxygen atoms in total. The fraction of sp³-hybridized carbons (Fsp3) is 0.400. The fourth-order valence-electron chi connectivity index (χ4n) is 1.58. The summed E-state index contributed by atoms with van der Waals surface area (Å²) < 4.78 is 0. The molecular weight excluding hydrogens is 240 g/mol. The van der Waals surface area contributed by atoms with Crippen molar-refractivity contribution in [1.82, 2.24) is 10.2 Å². The van der Waals surface area contributed by atoms with Crippen molar-refractivity contribution < 1.29 is 9.90 Å². The van der Waals surface area contributed by atoms with Crippen molar-refractivity contribution in [2.75, 3.05) is 33.8 Å². The minimum absolute atomic E-state index is 0.135. The zero-order valence-electron chi connectivity index (χ0n) is 11.7. The van der Waals surface area contributed by atoms with E-state index in [-0.39, 0.29) is 12.5 Å². The number of aryl methyl sites for hydroxylation is 1. The van der Waals surface area contributed by atoms with Crippen molar-refractivity contribution in [3.63, 3.8) is 0 Å². The Labute approximate surface area is 114 Å². The Morgan fingerprint density at radius 2 is 2.16 bits per heavy atom. The lowest BCUT2D eigenvalue weighted by Crippen LogP contribution is -2.31. The number of benzene rings is 1. The molecule has 0 aliphatic rings. The normalized spacial score (nSPS) is 9.95. The largest absolute Gasteiger partial charge is 0.384 e. The molecule has 0 heterocycles. The molecule has 1 aromatic rings. The lowest BCUT2D eigenvalue weighted by atomic mass is 10.0. The second-order valence-corrected chi connectivity index (χ2v) is 4.57. The van der Waals surface area contributed by atoms with Crippen molar-refractivity contribution in [3.8, 4) is 11.8 Å². The molecule has 0 aliphatic carbocycles. The van der Waals surface area contributed by atoms with E-state index in [9.17, 15) is 4.79 Å². The molecule has 0 spiro atoms. The molecule has 0 saturated carbocycles. The van der Waals surface area contributed by atoms with Crippen LogP contribution in [0.15, 0.2) is 18.2 Å². The van der Waals surface area contributed by atoms with E-state index in [1.165, 1.54) is 0 Å². The number of carbonyl (C=O) groups is 1. The van der Waals surface area contributed by atoms with Crippen LogP contribution in [-0.4, -0.2) is 49.7 Å². The number of nitrogens with zero attached hydrogens (tertiary/aromatic N) is 1. The Morgan fingerprint density at radius 3 is 2.79 bits per heavy atom. The van der Waals surface area contributed by atoms with Gasteiger partial charge in [-0.25, -0.2) is 0 Å². The first-order valence-electron chi connectivity index (χ1n) is 6.18. The van der Waals surface area contributed by atoms with Gasteiger partial charge in [0.15, 0.2) is 0 Å². The summed E-state index contributed by atoms with van der Waals surface area (Å²) in [5, 5.41) is 11.6. The first-order valence-corrected chi connectivity index (χ1v) is 6.18. The highest BCUT2D eigenvalue weighted by Crippen LogP contribution is 2.10. The minimum Gasteiger partial charge on any atom is -0.384 e. The molecule has 4 heteroatoms. The molecule has 1 rings (SSSR count). The van der Waals surface area contributed by atoms with Gasteiger partial charge in [0, 0.05) is 18.7 Å². The van der Waals surface area contributed by atoms with E-state index in [4.69, 9.17) is 5.11 Å². The Morgan fingerprint density at radius 1 is 1.42 bits per heavy atom. The van der Waals surface area contributed by atoms with Crippen LogP contribution >= 0.6 is 0 Å². The second-order valence-electron chi connectivity index (χ2n) is 4.57. The highest BCUT2D eigenvalue weighted by Gasteiger charge is 2.09. The maximum atomic E-state index is 12.1. The van der Waals surface area contributed by atoms with Gasteiger partial charge >= 0.3 is 0 Å². The second kappa shape index (κ2) is 7.57. The van der Waals surface area contributed by atoms with Gasteiger partial charge in [0.1, 0.15) is 6.61 Å². The SMILES string of the molecule is Cc1ccc(C(=O)NCCN(C)C)c(C#CCO)c1. The first-order chi connectivity index (χ1) is 9.04. The van der Waals surface area contributed by atoms with Crippen molar-refractivity contribution in [1.29, 1.82) is 0 Å². The smallest absolute Gasteiger partial charge is 0.252 e. The topological polar surface area (TPSA) is 52.6 Å². The van der Waals surface area contributed by atoms with Gasteiger partial charge in [-0.05, 0) is 38.7 Å². The number of nitrogens with one attached hydrogen (secondary N) is 1. The number of carbonyl (C=O) groups excluding carboxylic acids is 1. The molecule has 0 fully saturated rings. The van der Waals surface area contributed by atoms with Crippen LogP contribution < -0.4 is 5.32 Å². The Hall–Kier alpha value is -1.83. The molecule has 1 aromatic carbocycles. The average molecular weight is 260 g/mol. The monoisotopic (exact) mass is 260 g/mol. The van der Waals surface area contributed by atoms with Crippen molar-refractivity contribution in [3.05, 3.63) is 34.9 Å². The molecule has 0 radical (unpaired) electrons. The summed E-state index contributed by atoms with van der Waals surface area (Å²) in [7, 11) is 3.91. The van der Waals surface area contributed by atoms with Gasteiger partial charge in [0.2, 0.25) is 0 Å². The average Bonchev–Trinajstić information content (AvgIpc) is 2.35. The standard InChI is InChI=1S/C15H20N2O2/c1-12-6-7-14(13(11-12)5-4-10-18)15(19)16-8-9-17(2)3/h6-7,11,18H,8-10H2,1-3H3,(H,16,19). The molecular formula is C15H20N2O2. The Bertz CT molecular complexity index is 499. The van der Waals surface area contributed by atoms with Crippen LogP contribution in [0.4, 0.5) is 0 Å². The zero-order chi connectivity index (χ0) is 14.3. The molecule has 0 atom stereocenters. The summed E-state index contributed by atoms with van der Waals surface area (Å²) in [5.74, 6) is 5.26. The van der Waals surface area contributed by atoms with Gasteiger partial charge in [-0.3, -0.25) is 4.79 Å². The van der Waals surface area contributed by atoms with Crippen molar-refractivity contribution in [2.24, 2.45) is 0 Å². The van der Waals surface area contributed by atoms with E-state index in [0.29, 0.717) is 17.7 Å². The van der Waals surface area contributed by atoms with Crippen LogP contribution in [0.3, 0.4) is 0 Å². The molecule has 19 heavy (non-hydrogen) atoms. The highest BCUT2D eigenvalue weighted by atomic mass is 16.2. The predicted octanol–water partition coefficient (Wildman–Crippen LogP) is 0.630. The quantitative estimate of drug-likeness (QED) is 0.781. The van der Waals surface area contributed by atoms with E-state index in [1.807, 2.05) is 38.1 Å². The minimum atomic E-state index is -0.213. The van der Waals surface area contributed by atoms with Gasteiger partial charge < -0.3 is 15.3 Å². The van der Waals surface area contributed by atoms with E-state index in [1.54, 1.807) is 6.07 Å². The highest BCUT2D eigenvalue weighted by molar-refractivity contribution is 5.96. The maximum Gasteiger partial charge on any atom is 0.252 e. The van der Waals surface area contributed by atoms with Gasteiger partial charge in [-0.15, -0.1) is 0 Å². The number of amides is 1. The molecule has 0 aliphatic heterocycles. The summed E-state index contributed by atoms with van der Waals surface area (Å²) in [5.41, 5.74) is 2.23. The molecule has 102 valence electrons. The number of aliphatic hydroxyl groups is 1. The van der Waals surface area contributed by atoms with Crippen LogP contribution in [0.5, 0.6) is 0 Å².